The number of nitrogens with zero attached hydrogens (tertiary/aromatic N) is 1. The number of rotatable bonds is 8. The maximum Gasteiger partial charge on any atom is 0.240 e. The average molecular weight is 440 g/mol. The second-order valence-electron chi connectivity index (χ2n) is 6.64. The Morgan fingerprint density at radius 1 is 1.10 bits per heavy atom. The van der Waals surface area contributed by atoms with Gasteiger partial charge in [0.2, 0.25) is 10.0 Å². The van der Waals surface area contributed by atoms with Crippen LogP contribution in [-0.2, 0) is 10.0 Å². The van der Waals surface area contributed by atoms with Crippen molar-refractivity contribution < 1.29 is 17.9 Å². The first-order chi connectivity index (χ1) is 13.3. The lowest BCUT2D eigenvalue weighted by Crippen LogP contribution is -2.40. The van der Waals surface area contributed by atoms with Gasteiger partial charge in [0.1, 0.15) is 5.82 Å². The molecule has 1 heterocycles. The molecular weight excluding hydrogens is 417 g/mol. The molecule has 0 amide bonds. The number of aliphatic hydroxyl groups excluding tert-OH is 1. The van der Waals surface area contributed by atoms with E-state index in [9.17, 15) is 17.9 Å². The molecule has 29 heavy (non-hydrogen) atoms. The Balaban J connectivity index is 0.00000300. The summed E-state index contributed by atoms with van der Waals surface area (Å²) in [6, 6.07) is 12.0. The lowest BCUT2D eigenvalue weighted by Gasteiger charge is -2.17. The van der Waals surface area contributed by atoms with Gasteiger partial charge in [-0.1, -0.05) is 18.2 Å². The predicted molar refractivity (Wildman–Crippen MR) is 113 cm³/mol. The van der Waals surface area contributed by atoms with E-state index in [1.165, 1.54) is 18.2 Å². The molecule has 0 saturated heterocycles. The average Bonchev–Trinajstić information content (AvgIpc) is 2.67. The van der Waals surface area contributed by atoms with Gasteiger partial charge < -0.3 is 10.4 Å². The zero-order valence-electron chi connectivity index (χ0n) is 15.7. The van der Waals surface area contributed by atoms with Crippen LogP contribution < -0.4 is 10.0 Å². The molecule has 6 nitrogen and oxygen atoms in total. The number of aromatic nitrogens is 1. The number of sulfonamides is 1. The van der Waals surface area contributed by atoms with Crippen molar-refractivity contribution in [3.63, 3.8) is 0 Å². The first kappa shape index (κ1) is 23.2. The molecule has 0 aliphatic rings. The second kappa shape index (κ2) is 10.1. The first-order valence-corrected chi connectivity index (χ1v) is 10.3. The number of fused-ring (bicyclic) bond motifs is 1. The van der Waals surface area contributed by atoms with Crippen LogP contribution in [0.4, 0.5) is 4.39 Å². The molecule has 3 N–H and O–H groups in total. The van der Waals surface area contributed by atoms with Gasteiger partial charge in [-0.25, -0.2) is 17.5 Å². The Hall–Kier alpha value is -2.10. The van der Waals surface area contributed by atoms with Crippen LogP contribution in [0.5, 0.6) is 0 Å². The number of aliphatic hydroxyl groups is 1. The maximum atomic E-state index is 13.2. The van der Waals surface area contributed by atoms with Crippen molar-refractivity contribution in [2.24, 2.45) is 0 Å². The Morgan fingerprint density at radius 2 is 1.90 bits per heavy atom. The number of halogens is 2. The van der Waals surface area contributed by atoms with Crippen LogP contribution in [0.25, 0.3) is 10.8 Å². The molecule has 2 aromatic carbocycles. The molecular formula is C20H23ClFN3O3S. The highest BCUT2D eigenvalue weighted by Crippen LogP contribution is 2.18. The number of hydrogen-bond acceptors (Lipinski definition) is 5. The molecule has 0 bridgehead atoms. The van der Waals surface area contributed by atoms with Gasteiger partial charge in [-0.3, -0.25) is 4.98 Å². The summed E-state index contributed by atoms with van der Waals surface area (Å²) in [5, 5.41) is 14.8. The van der Waals surface area contributed by atoms with Crippen LogP contribution in [-0.4, -0.2) is 37.6 Å². The molecule has 3 aromatic rings. The van der Waals surface area contributed by atoms with Gasteiger partial charge in [0.25, 0.3) is 0 Å². The molecule has 156 valence electrons. The van der Waals surface area contributed by atoms with E-state index in [1.807, 2.05) is 0 Å². The van der Waals surface area contributed by atoms with Crippen molar-refractivity contribution in [1.29, 1.82) is 0 Å². The van der Waals surface area contributed by atoms with E-state index in [0.29, 0.717) is 12.1 Å². The first-order valence-electron chi connectivity index (χ1n) is 8.85. The largest absolute Gasteiger partial charge is 0.387 e. The number of pyridine rings is 1. The van der Waals surface area contributed by atoms with Gasteiger partial charge in [-0.2, -0.15) is 0 Å². The van der Waals surface area contributed by atoms with E-state index < -0.39 is 28.0 Å². The fraction of sp³-hybridized carbons (Fsp3) is 0.250. The normalized spacial score (nSPS) is 13.6. The van der Waals surface area contributed by atoms with Crippen LogP contribution in [0.2, 0.25) is 0 Å². The Kier molecular flexibility index (Phi) is 8.06. The molecule has 1 aromatic heterocycles. The monoisotopic (exact) mass is 439 g/mol. The highest BCUT2D eigenvalue weighted by atomic mass is 35.5. The van der Waals surface area contributed by atoms with Crippen molar-refractivity contribution in [2.45, 2.75) is 24.0 Å². The minimum absolute atomic E-state index is 0. The molecule has 0 fully saturated rings. The summed E-state index contributed by atoms with van der Waals surface area (Å²) in [5.74, 6) is -0.413. The number of nitrogens with one attached hydrogen (secondary N) is 2. The molecule has 0 spiro atoms. The summed E-state index contributed by atoms with van der Waals surface area (Å²) in [6.07, 6.45) is 2.41. The van der Waals surface area contributed by atoms with E-state index in [1.54, 1.807) is 49.6 Å². The Morgan fingerprint density at radius 3 is 2.66 bits per heavy atom. The smallest absolute Gasteiger partial charge is 0.240 e. The van der Waals surface area contributed by atoms with Gasteiger partial charge in [0.05, 0.1) is 11.0 Å². The lowest BCUT2D eigenvalue weighted by molar-refractivity contribution is 0.174. The maximum absolute atomic E-state index is 13.2. The van der Waals surface area contributed by atoms with Crippen molar-refractivity contribution in [2.75, 3.05) is 13.1 Å². The van der Waals surface area contributed by atoms with Gasteiger partial charge in [0, 0.05) is 36.9 Å². The highest BCUT2D eigenvalue weighted by Gasteiger charge is 2.18. The van der Waals surface area contributed by atoms with E-state index >= 15 is 0 Å². The van der Waals surface area contributed by atoms with Crippen LogP contribution in [0.15, 0.2) is 65.8 Å². The zero-order valence-corrected chi connectivity index (χ0v) is 17.4. The van der Waals surface area contributed by atoms with Crippen molar-refractivity contribution >= 4 is 33.2 Å². The number of benzene rings is 2. The molecule has 9 heteroatoms. The van der Waals surface area contributed by atoms with E-state index in [2.05, 4.69) is 15.0 Å². The van der Waals surface area contributed by atoms with Crippen LogP contribution in [0.3, 0.4) is 0 Å². The number of hydrogen-bond donors (Lipinski definition) is 3. The molecule has 2 atom stereocenters. The summed E-state index contributed by atoms with van der Waals surface area (Å²) < 4.78 is 41.0. The van der Waals surface area contributed by atoms with Gasteiger partial charge in [0.15, 0.2) is 0 Å². The predicted octanol–water partition coefficient (Wildman–Crippen LogP) is 2.79. The SMILES string of the molecule is C[C@H](CNCC(O)c1cccc(F)c1)NS(=O)(=O)c1ccc2cnccc2c1.Cl. The van der Waals surface area contributed by atoms with Gasteiger partial charge >= 0.3 is 0 Å². The van der Waals surface area contributed by atoms with Gasteiger partial charge in [-0.15, -0.1) is 12.4 Å². The van der Waals surface area contributed by atoms with Crippen molar-refractivity contribution in [1.82, 2.24) is 15.0 Å². The van der Waals surface area contributed by atoms with Crippen LogP contribution >= 0.6 is 12.4 Å². The summed E-state index contributed by atoms with van der Waals surface area (Å²) in [5.41, 5.74) is 0.464. The Bertz CT molecular complexity index is 1070. The lowest BCUT2D eigenvalue weighted by atomic mass is 10.1. The highest BCUT2D eigenvalue weighted by molar-refractivity contribution is 7.89. The summed E-state index contributed by atoms with van der Waals surface area (Å²) >= 11 is 0. The van der Waals surface area contributed by atoms with Crippen molar-refractivity contribution in [3.05, 3.63) is 72.3 Å². The van der Waals surface area contributed by atoms with E-state index in [-0.39, 0.29) is 23.8 Å². The fourth-order valence-electron chi connectivity index (χ4n) is 2.87. The molecule has 3 rings (SSSR count). The second-order valence-corrected chi connectivity index (χ2v) is 8.35. The van der Waals surface area contributed by atoms with Crippen LogP contribution in [0.1, 0.15) is 18.6 Å². The zero-order chi connectivity index (χ0) is 20.1. The molecule has 0 radical (unpaired) electrons. The Labute approximate surface area is 175 Å². The quantitative estimate of drug-likeness (QED) is 0.502. The standard InChI is InChI=1S/C20H22FN3O3S.ClH/c1-14(11-23-13-20(25)16-3-2-4-18(21)9-16)24-28(26,27)19-6-5-17-12-22-8-7-15(17)10-19;/h2-10,12,14,20,23-25H,11,13H2,1H3;1H/t14-,20?;/m1./s1. The molecule has 0 aliphatic carbocycles. The van der Waals surface area contributed by atoms with E-state index in [4.69, 9.17) is 0 Å². The molecule has 1 unspecified atom stereocenters. The molecule has 0 aliphatic heterocycles. The third-order valence-corrected chi connectivity index (χ3v) is 5.89. The minimum atomic E-state index is -3.68. The van der Waals surface area contributed by atoms with Gasteiger partial charge in [-0.05, 0) is 48.2 Å². The summed E-state index contributed by atoms with van der Waals surface area (Å²) in [7, 11) is -3.68. The van der Waals surface area contributed by atoms with Crippen molar-refractivity contribution in [3.8, 4) is 0 Å². The molecule has 0 saturated carbocycles. The van der Waals surface area contributed by atoms with Crippen LogP contribution in [0, 0.1) is 5.82 Å². The third-order valence-electron chi connectivity index (χ3n) is 4.30. The summed E-state index contributed by atoms with van der Waals surface area (Å²) in [4.78, 5) is 4.19. The third kappa shape index (κ3) is 6.19. The minimum Gasteiger partial charge on any atom is -0.387 e. The topological polar surface area (TPSA) is 91.3 Å². The fourth-order valence-corrected chi connectivity index (χ4v) is 4.15. The van der Waals surface area contributed by atoms with E-state index in [0.717, 1.165) is 10.8 Å². The summed E-state index contributed by atoms with van der Waals surface area (Å²) in [6.45, 7) is 2.21.